The van der Waals surface area contributed by atoms with Gasteiger partial charge in [0.1, 0.15) is 0 Å². The van der Waals surface area contributed by atoms with Crippen LogP contribution < -0.4 is 9.80 Å². The molecule has 0 aromatic heterocycles. The molecule has 2 heteroatoms. The van der Waals surface area contributed by atoms with Gasteiger partial charge in [0, 0.05) is 33.5 Å². The average molecular weight is 791 g/mol. The van der Waals surface area contributed by atoms with E-state index >= 15 is 0 Å². The van der Waals surface area contributed by atoms with Gasteiger partial charge in [0.15, 0.2) is 0 Å². The van der Waals surface area contributed by atoms with Crippen LogP contribution in [0.1, 0.15) is 38.9 Å². The molecule has 2 heterocycles. The summed E-state index contributed by atoms with van der Waals surface area (Å²) >= 11 is 0. The van der Waals surface area contributed by atoms with E-state index < -0.39 is 5.41 Å². The highest BCUT2D eigenvalue weighted by molar-refractivity contribution is 6.19. The van der Waals surface area contributed by atoms with Gasteiger partial charge in [0.2, 0.25) is 0 Å². The van der Waals surface area contributed by atoms with Crippen molar-refractivity contribution >= 4 is 55.7 Å². The van der Waals surface area contributed by atoms with Crippen molar-refractivity contribution in [2.75, 3.05) is 9.80 Å². The second-order valence-corrected chi connectivity index (χ2v) is 17.5. The van der Waals surface area contributed by atoms with Crippen molar-refractivity contribution in [1.29, 1.82) is 0 Å². The van der Waals surface area contributed by atoms with Gasteiger partial charge in [-0.05, 0) is 171 Å². The molecule has 8 bridgehead atoms. The number of hydrogen-bond donors (Lipinski definition) is 0. The molecule has 4 aliphatic rings. The first-order valence-corrected chi connectivity index (χ1v) is 21.8. The van der Waals surface area contributed by atoms with Gasteiger partial charge in [-0.25, -0.2) is 0 Å². The van der Waals surface area contributed by atoms with E-state index in [9.17, 15) is 0 Å². The Morgan fingerprint density at radius 1 is 0.371 bits per heavy atom. The Bertz CT molecular complexity index is 3490. The molecule has 2 aliphatic heterocycles. The molecule has 1 spiro atoms. The third-order valence-electron chi connectivity index (χ3n) is 13.8. The number of benzene rings is 10. The first-order valence-electron chi connectivity index (χ1n) is 21.8. The maximum absolute atomic E-state index is 2.57. The Morgan fingerprint density at radius 3 is 1.73 bits per heavy atom. The second-order valence-electron chi connectivity index (χ2n) is 17.5. The van der Waals surface area contributed by atoms with Gasteiger partial charge in [-0.15, -0.1) is 0 Å². The molecule has 292 valence electrons. The molecule has 0 N–H and O–H groups in total. The molecule has 2 nitrogen and oxygen atoms in total. The summed E-state index contributed by atoms with van der Waals surface area (Å²) in [5.74, 6) is 0. The maximum atomic E-state index is 2.57. The van der Waals surface area contributed by atoms with Crippen LogP contribution in [0.5, 0.6) is 0 Å². The molecule has 0 saturated carbocycles. The minimum Gasteiger partial charge on any atom is -0.310 e. The first kappa shape index (κ1) is 35.1. The van der Waals surface area contributed by atoms with E-state index in [2.05, 4.69) is 231 Å². The summed E-state index contributed by atoms with van der Waals surface area (Å²) in [7, 11) is 0. The summed E-state index contributed by atoms with van der Waals surface area (Å²) in [6.07, 6.45) is 0. The predicted octanol–water partition coefficient (Wildman–Crippen LogP) is 16.2. The fourth-order valence-corrected chi connectivity index (χ4v) is 11.5. The SMILES string of the molecule is Cc1cc(C)cc(N(c2ccccc2)c2cc3c(c4ccccc24)-c2c4cc(c5ccccc25)N(c2ccccc2)c2cc(C)cc(c2)-c2ccc5c(c2)-c2ccccc2C534)c1. The Labute approximate surface area is 362 Å². The minimum atomic E-state index is -0.608. The summed E-state index contributed by atoms with van der Waals surface area (Å²) in [5.41, 5.74) is 23.1. The minimum absolute atomic E-state index is 0.608. The summed E-state index contributed by atoms with van der Waals surface area (Å²) < 4.78 is 0. The third kappa shape index (κ3) is 4.75. The van der Waals surface area contributed by atoms with Crippen molar-refractivity contribution in [2.24, 2.45) is 0 Å². The molecule has 0 radical (unpaired) electrons. The lowest BCUT2D eigenvalue weighted by molar-refractivity contribution is 0.795. The van der Waals surface area contributed by atoms with Crippen LogP contribution in [0, 0.1) is 20.8 Å². The largest absolute Gasteiger partial charge is 0.310 e. The van der Waals surface area contributed by atoms with Gasteiger partial charge in [-0.1, -0.05) is 133 Å². The smallest absolute Gasteiger partial charge is 0.0727 e. The summed E-state index contributed by atoms with van der Waals surface area (Å²) in [5, 5.41) is 4.98. The van der Waals surface area contributed by atoms with Crippen molar-refractivity contribution in [3.63, 3.8) is 0 Å². The van der Waals surface area contributed by atoms with E-state index in [1.165, 1.54) is 105 Å². The van der Waals surface area contributed by atoms with E-state index in [-0.39, 0.29) is 0 Å². The van der Waals surface area contributed by atoms with Crippen molar-refractivity contribution in [3.8, 4) is 33.4 Å². The van der Waals surface area contributed by atoms with Gasteiger partial charge in [0.25, 0.3) is 0 Å². The highest BCUT2D eigenvalue weighted by Crippen LogP contribution is 2.67. The maximum Gasteiger partial charge on any atom is 0.0727 e. The zero-order chi connectivity index (χ0) is 41.3. The summed E-state index contributed by atoms with van der Waals surface area (Å²) in [4.78, 5) is 5.00. The number of para-hydroxylation sites is 2. The average Bonchev–Trinajstić information content (AvgIpc) is 3.76. The van der Waals surface area contributed by atoms with Crippen LogP contribution in [0.25, 0.3) is 54.9 Å². The zero-order valence-corrected chi connectivity index (χ0v) is 34.9. The second kappa shape index (κ2) is 12.9. The molecule has 0 saturated heterocycles. The molecule has 62 heavy (non-hydrogen) atoms. The number of aryl methyl sites for hydroxylation is 3. The lowest BCUT2D eigenvalue weighted by Crippen LogP contribution is -2.27. The molecule has 0 fully saturated rings. The van der Waals surface area contributed by atoms with Gasteiger partial charge in [0.05, 0.1) is 16.8 Å². The number of nitrogens with zero attached hydrogens (tertiary/aromatic N) is 2. The summed E-state index contributed by atoms with van der Waals surface area (Å²) in [6, 6.07) is 75.9. The monoisotopic (exact) mass is 790 g/mol. The quantitative estimate of drug-likeness (QED) is 0.175. The van der Waals surface area contributed by atoms with Gasteiger partial charge in [-0.2, -0.15) is 0 Å². The molecule has 0 amide bonds. The fraction of sp³-hybridized carbons (Fsp3) is 0.0667. The van der Waals surface area contributed by atoms with Crippen LogP contribution in [0.15, 0.2) is 200 Å². The Kier molecular flexibility index (Phi) is 7.31. The highest BCUT2D eigenvalue weighted by atomic mass is 15.2. The lowest BCUT2D eigenvalue weighted by Gasteiger charge is -2.34. The first-order chi connectivity index (χ1) is 30.5. The van der Waals surface area contributed by atoms with Crippen molar-refractivity contribution in [2.45, 2.75) is 26.2 Å². The van der Waals surface area contributed by atoms with Crippen LogP contribution >= 0.6 is 0 Å². The standard InChI is InChI=1S/C60H42N2/c1-37-28-38(2)31-44(30-37)61(42-16-6-4-7-17-42)56-35-54-58(49-23-12-10-21-47(49)56)59-50-24-13-11-22-48(50)57-36-55(59)60(54)52-25-15-14-20-46(52)51-34-40(26-27-53(51)60)41-29-39(3)32-45(33-41)62(57)43-18-8-5-9-19-43/h4-36H,1-3H3. The number of hydrogen-bond acceptors (Lipinski definition) is 2. The highest BCUT2D eigenvalue weighted by Gasteiger charge is 2.53. The number of fused-ring (bicyclic) bond motifs is 8. The van der Waals surface area contributed by atoms with Crippen LogP contribution in [0.4, 0.5) is 34.1 Å². The van der Waals surface area contributed by atoms with E-state index in [1.54, 1.807) is 0 Å². The topological polar surface area (TPSA) is 6.48 Å². The molecule has 1 unspecified atom stereocenters. The van der Waals surface area contributed by atoms with Crippen molar-refractivity contribution < 1.29 is 0 Å². The summed E-state index contributed by atoms with van der Waals surface area (Å²) in [6.45, 7) is 6.65. The Hall–Kier alpha value is -7.68. The van der Waals surface area contributed by atoms with Crippen LogP contribution in [-0.4, -0.2) is 0 Å². The normalized spacial score (nSPS) is 15.0. The van der Waals surface area contributed by atoms with Crippen molar-refractivity contribution in [3.05, 3.63) is 239 Å². The molecule has 10 aromatic carbocycles. The van der Waals surface area contributed by atoms with Gasteiger partial charge in [-0.3, -0.25) is 0 Å². The van der Waals surface area contributed by atoms with E-state index in [4.69, 9.17) is 0 Å². The van der Waals surface area contributed by atoms with Crippen LogP contribution in [0.2, 0.25) is 0 Å². The molecule has 10 aromatic rings. The van der Waals surface area contributed by atoms with Gasteiger partial charge < -0.3 is 9.80 Å². The van der Waals surface area contributed by atoms with Crippen molar-refractivity contribution in [1.82, 2.24) is 0 Å². The molecule has 1 atom stereocenters. The molecular formula is C60H42N2. The fourth-order valence-electron chi connectivity index (χ4n) is 11.5. The third-order valence-corrected chi connectivity index (χ3v) is 13.8. The van der Waals surface area contributed by atoms with E-state index in [1.807, 2.05) is 0 Å². The molecule has 2 aliphatic carbocycles. The number of rotatable bonds is 4. The molecular weight excluding hydrogens is 749 g/mol. The van der Waals surface area contributed by atoms with E-state index in [0.29, 0.717) is 0 Å². The lowest BCUT2D eigenvalue weighted by atomic mass is 9.69. The molecule has 14 rings (SSSR count). The zero-order valence-electron chi connectivity index (χ0n) is 34.9. The van der Waals surface area contributed by atoms with Gasteiger partial charge >= 0.3 is 0 Å². The Balaban J connectivity index is 1.25. The van der Waals surface area contributed by atoms with Crippen LogP contribution in [-0.2, 0) is 5.41 Å². The Morgan fingerprint density at radius 2 is 0.968 bits per heavy atom. The number of anilines is 6. The predicted molar refractivity (Wildman–Crippen MR) is 260 cm³/mol. The van der Waals surface area contributed by atoms with Crippen LogP contribution in [0.3, 0.4) is 0 Å². The van der Waals surface area contributed by atoms with E-state index in [0.717, 1.165) is 22.7 Å².